The Morgan fingerprint density at radius 1 is 1.50 bits per heavy atom. The van der Waals surface area contributed by atoms with E-state index in [4.69, 9.17) is 9.68 Å². The smallest absolute Gasteiger partial charge is 0.142 e. The van der Waals surface area contributed by atoms with Crippen molar-refractivity contribution in [3.8, 4) is 6.07 Å². The van der Waals surface area contributed by atoms with Gasteiger partial charge in [0.25, 0.3) is 0 Å². The summed E-state index contributed by atoms with van der Waals surface area (Å²) < 4.78 is 5.28. The monoisotopic (exact) mass is 213 g/mol. The number of nitriles is 1. The fourth-order valence-electron chi connectivity index (χ4n) is 1.44. The molecule has 2 heterocycles. The molecule has 16 heavy (non-hydrogen) atoms. The van der Waals surface area contributed by atoms with Crippen LogP contribution in [0, 0.1) is 11.3 Å². The fraction of sp³-hybridized carbons (Fsp3) is 0.167. The van der Waals surface area contributed by atoms with E-state index in [1.807, 2.05) is 31.2 Å². The van der Waals surface area contributed by atoms with Crippen LogP contribution in [0.1, 0.15) is 24.4 Å². The molecule has 0 saturated heterocycles. The largest absolute Gasteiger partial charge is 0.467 e. The third-order valence-corrected chi connectivity index (χ3v) is 2.23. The summed E-state index contributed by atoms with van der Waals surface area (Å²) in [6.45, 7) is 1.99. The third kappa shape index (κ3) is 2.20. The van der Waals surface area contributed by atoms with Gasteiger partial charge in [-0.05, 0) is 31.2 Å². The molecule has 0 aromatic carbocycles. The molecule has 1 atom stereocenters. The Hall–Kier alpha value is -2.28. The number of hydrogen-bond donors (Lipinski definition) is 1. The average Bonchev–Trinajstić information content (AvgIpc) is 2.83. The Bertz CT molecular complexity index is 499. The molecule has 4 nitrogen and oxygen atoms in total. The van der Waals surface area contributed by atoms with Crippen LogP contribution >= 0.6 is 0 Å². The maximum atomic E-state index is 8.72. The van der Waals surface area contributed by atoms with Crippen molar-refractivity contribution in [2.75, 3.05) is 5.32 Å². The zero-order valence-corrected chi connectivity index (χ0v) is 8.84. The number of nitrogens with one attached hydrogen (secondary N) is 1. The van der Waals surface area contributed by atoms with E-state index in [1.165, 1.54) is 0 Å². The molecule has 0 saturated carbocycles. The quantitative estimate of drug-likeness (QED) is 0.851. The standard InChI is InChI=1S/C12H11N3O/c1-9(12-3-2-6-16-12)15-10-4-5-14-11(7-10)8-13/h2-7,9H,1H3,(H,14,15). The normalized spacial score (nSPS) is 11.8. The zero-order chi connectivity index (χ0) is 11.4. The van der Waals surface area contributed by atoms with Gasteiger partial charge in [0.15, 0.2) is 0 Å². The van der Waals surface area contributed by atoms with E-state index < -0.39 is 0 Å². The van der Waals surface area contributed by atoms with Gasteiger partial charge in [0.2, 0.25) is 0 Å². The van der Waals surface area contributed by atoms with Gasteiger partial charge in [-0.2, -0.15) is 5.26 Å². The van der Waals surface area contributed by atoms with Crippen molar-refractivity contribution in [2.45, 2.75) is 13.0 Å². The first-order valence-corrected chi connectivity index (χ1v) is 4.95. The molecule has 0 radical (unpaired) electrons. The summed E-state index contributed by atoms with van der Waals surface area (Å²) in [4.78, 5) is 3.90. The molecule has 0 bridgehead atoms. The van der Waals surface area contributed by atoms with Crippen molar-refractivity contribution >= 4 is 5.69 Å². The fourth-order valence-corrected chi connectivity index (χ4v) is 1.44. The summed E-state index contributed by atoms with van der Waals surface area (Å²) >= 11 is 0. The molecular weight excluding hydrogens is 202 g/mol. The first kappa shape index (κ1) is 10.2. The number of aromatic nitrogens is 1. The van der Waals surface area contributed by atoms with Gasteiger partial charge in [0.1, 0.15) is 17.5 Å². The molecule has 2 aromatic rings. The average molecular weight is 213 g/mol. The number of furan rings is 1. The lowest BCUT2D eigenvalue weighted by Crippen LogP contribution is -2.05. The topological polar surface area (TPSA) is 61.9 Å². The molecule has 0 amide bonds. The second kappa shape index (κ2) is 4.49. The third-order valence-electron chi connectivity index (χ3n) is 2.23. The Kier molecular flexibility index (Phi) is 2.88. The molecule has 0 aliphatic rings. The van der Waals surface area contributed by atoms with Crippen LogP contribution in [0.2, 0.25) is 0 Å². The van der Waals surface area contributed by atoms with Gasteiger partial charge in [0.05, 0.1) is 12.3 Å². The van der Waals surface area contributed by atoms with Crippen molar-refractivity contribution in [3.05, 3.63) is 48.2 Å². The highest BCUT2D eigenvalue weighted by Gasteiger charge is 2.07. The highest BCUT2D eigenvalue weighted by Crippen LogP contribution is 2.19. The van der Waals surface area contributed by atoms with E-state index in [0.29, 0.717) is 5.69 Å². The van der Waals surface area contributed by atoms with Crippen molar-refractivity contribution in [3.63, 3.8) is 0 Å². The van der Waals surface area contributed by atoms with Crippen LogP contribution in [-0.2, 0) is 0 Å². The second-order valence-electron chi connectivity index (χ2n) is 3.42. The van der Waals surface area contributed by atoms with Crippen LogP contribution in [0.3, 0.4) is 0 Å². The van der Waals surface area contributed by atoms with Crippen LogP contribution in [0.5, 0.6) is 0 Å². The van der Waals surface area contributed by atoms with Gasteiger partial charge in [-0.15, -0.1) is 0 Å². The van der Waals surface area contributed by atoms with Crippen LogP contribution in [0.15, 0.2) is 41.1 Å². The Balaban J connectivity index is 2.12. The van der Waals surface area contributed by atoms with Crippen molar-refractivity contribution in [2.24, 2.45) is 0 Å². The molecule has 2 rings (SSSR count). The van der Waals surface area contributed by atoms with E-state index in [-0.39, 0.29) is 6.04 Å². The first-order chi connectivity index (χ1) is 7.79. The molecule has 1 N–H and O–H groups in total. The Morgan fingerprint density at radius 3 is 3.06 bits per heavy atom. The highest BCUT2D eigenvalue weighted by atomic mass is 16.3. The van der Waals surface area contributed by atoms with Crippen LogP contribution in [-0.4, -0.2) is 4.98 Å². The number of rotatable bonds is 3. The predicted octanol–water partition coefficient (Wildman–Crippen LogP) is 2.72. The van der Waals surface area contributed by atoms with Gasteiger partial charge in [-0.25, -0.2) is 4.98 Å². The SMILES string of the molecule is CC(Nc1ccnc(C#N)c1)c1ccco1. The summed E-state index contributed by atoms with van der Waals surface area (Å²) in [7, 11) is 0. The molecule has 4 heteroatoms. The summed E-state index contributed by atoms with van der Waals surface area (Å²) in [5.41, 5.74) is 1.26. The van der Waals surface area contributed by atoms with Crippen LogP contribution in [0.25, 0.3) is 0 Å². The molecular formula is C12H11N3O. The van der Waals surface area contributed by atoms with Crippen molar-refractivity contribution < 1.29 is 4.42 Å². The predicted molar refractivity (Wildman–Crippen MR) is 59.7 cm³/mol. The van der Waals surface area contributed by atoms with Gasteiger partial charge in [-0.1, -0.05) is 0 Å². The van der Waals surface area contributed by atoms with Crippen LogP contribution < -0.4 is 5.32 Å². The molecule has 0 aliphatic heterocycles. The molecule has 2 aromatic heterocycles. The number of pyridine rings is 1. The van der Waals surface area contributed by atoms with E-state index in [0.717, 1.165) is 11.4 Å². The second-order valence-corrected chi connectivity index (χ2v) is 3.42. The van der Waals surface area contributed by atoms with Crippen LogP contribution in [0.4, 0.5) is 5.69 Å². The minimum atomic E-state index is 0.0592. The van der Waals surface area contributed by atoms with E-state index in [1.54, 1.807) is 18.5 Å². The molecule has 0 aliphatic carbocycles. The van der Waals surface area contributed by atoms with Gasteiger partial charge >= 0.3 is 0 Å². The minimum Gasteiger partial charge on any atom is -0.467 e. The summed E-state index contributed by atoms with van der Waals surface area (Å²) in [5.74, 6) is 0.857. The lowest BCUT2D eigenvalue weighted by atomic mass is 10.2. The van der Waals surface area contributed by atoms with Crippen molar-refractivity contribution in [1.29, 1.82) is 5.26 Å². The summed E-state index contributed by atoms with van der Waals surface area (Å²) in [6.07, 6.45) is 3.25. The Morgan fingerprint density at radius 2 is 2.38 bits per heavy atom. The maximum absolute atomic E-state index is 8.72. The first-order valence-electron chi connectivity index (χ1n) is 4.95. The van der Waals surface area contributed by atoms with Gasteiger partial charge in [-0.3, -0.25) is 0 Å². The number of anilines is 1. The van der Waals surface area contributed by atoms with Gasteiger partial charge < -0.3 is 9.73 Å². The molecule has 1 unspecified atom stereocenters. The molecule has 0 spiro atoms. The molecule has 0 fully saturated rings. The van der Waals surface area contributed by atoms with E-state index >= 15 is 0 Å². The molecule has 80 valence electrons. The van der Waals surface area contributed by atoms with Crippen molar-refractivity contribution in [1.82, 2.24) is 4.98 Å². The minimum absolute atomic E-state index is 0.0592. The summed E-state index contributed by atoms with van der Waals surface area (Å²) in [6, 6.07) is 9.34. The highest BCUT2D eigenvalue weighted by molar-refractivity contribution is 5.47. The summed E-state index contributed by atoms with van der Waals surface area (Å²) in [5, 5.41) is 12.0. The van der Waals surface area contributed by atoms with E-state index in [9.17, 15) is 0 Å². The Labute approximate surface area is 93.5 Å². The lowest BCUT2D eigenvalue weighted by Gasteiger charge is -2.12. The zero-order valence-electron chi connectivity index (χ0n) is 8.84. The van der Waals surface area contributed by atoms with E-state index in [2.05, 4.69) is 10.3 Å². The maximum Gasteiger partial charge on any atom is 0.142 e. The van der Waals surface area contributed by atoms with Gasteiger partial charge in [0, 0.05) is 11.9 Å². The lowest BCUT2D eigenvalue weighted by molar-refractivity contribution is 0.490. The number of nitrogens with zero attached hydrogens (tertiary/aromatic N) is 2. The number of hydrogen-bond acceptors (Lipinski definition) is 4.